The van der Waals surface area contributed by atoms with E-state index < -0.39 is 10.0 Å². The Balaban J connectivity index is 2.23. The summed E-state index contributed by atoms with van der Waals surface area (Å²) >= 11 is 10.4. The summed E-state index contributed by atoms with van der Waals surface area (Å²) in [5.41, 5.74) is 0.972. The lowest BCUT2D eigenvalue weighted by Gasteiger charge is -2.23. The number of sulfonamides is 1. The molecule has 1 aromatic heterocycles. The molecule has 0 spiro atoms. The van der Waals surface area contributed by atoms with Gasteiger partial charge < -0.3 is 0 Å². The van der Waals surface area contributed by atoms with Crippen molar-refractivity contribution in [2.24, 2.45) is 0 Å². The molecule has 1 aromatic rings. The fourth-order valence-electron chi connectivity index (χ4n) is 2.40. The summed E-state index contributed by atoms with van der Waals surface area (Å²) in [4.78, 5) is 0. The van der Waals surface area contributed by atoms with Gasteiger partial charge in [0.25, 0.3) is 10.0 Å². The van der Waals surface area contributed by atoms with Gasteiger partial charge in [-0.05, 0) is 60.2 Å². The molecule has 0 aliphatic carbocycles. The zero-order valence-corrected chi connectivity index (χ0v) is 14.7. The van der Waals surface area contributed by atoms with Crippen LogP contribution in [0.2, 0.25) is 0 Å². The zero-order chi connectivity index (χ0) is 14.0. The van der Waals surface area contributed by atoms with Crippen molar-refractivity contribution in [1.29, 1.82) is 0 Å². The van der Waals surface area contributed by atoms with Gasteiger partial charge in [0.2, 0.25) is 0 Å². The Labute approximate surface area is 132 Å². The van der Waals surface area contributed by atoms with Crippen molar-refractivity contribution in [1.82, 2.24) is 4.31 Å². The fraction of sp³-hybridized carbons (Fsp3) is 0.667. The van der Waals surface area contributed by atoms with Crippen LogP contribution in [0.3, 0.4) is 0 Å². The summed E-state index contributed by atoms with van der Waals surface area (Å²) in [5.74, 6) is 0.591. The van der Waals surface area contributed by atoms with Gasteiger partial charge in [0, 0.05) is 18.5 Å². The third-order valence-electron chi connectivity index (χ3n) is 3.39. The maximum absolute atomic E-state index is 12.7. The number of thiophene rings is 1. The molecule has 1 saturated heterocycles. The highest BCUT2D eigenvalue weighted by Crippen LogP contribution is 2.35. The normalized spacial score (nSPS) is 21.1. The average molecular weight is 387 g/mol. The third kappa shape index (κ3) is 3.35. The zero-order valence-electron chi connectivity index (χ0n) is 10.7. The number of alkyl halides is 1. The Morgan fingerprint density at radius 1 is 1.58 bits per heavy atom. The molecule has 2 heterocycles. The first-order valence-corrected chi connectivity index (χ1v) is 9.89. The van der Waals surface area contributed by atoms with Gasteiger partial charge in [0.05, 0.1) is 3.79 Å². The SMILES string of the molecule is Cc1cc(S(=O)(=O)N2CCCC2CCCCl)sc1Br. The highest BCUT2D eigenvalue weighted by molar-refractivity contribution is 9.11. The van der Waals surface area contributed by atoms with Crippen molar-refractivity contribution in [3.63, 3.8) is 0 Å². The topological polar surface area (TPSA) is 37.4 Å². The fourth-order valence-corrected chi connectivity index (χ4v) is 6.64. The molecule has 0 amide bonds. The number of nitrogens with zero attached hydrogens (tertiary/aromatic N) is 1. The molecule has 3 nitrogen and oxygen atoms in total. The molecular weight excluding hydrogens is 370 g/mol. The smallest absolute Gasteiger partial charge is 0.206 e. The van der Waals surface area contributed by atoms with Crippen LogP contribution in [0.1, 0.15) is 31.2 Å². The molecule has 1 aliphatic rings. The molecule has 0 aromatic carbocycles. The van der Waals surface area contributed by atoms with Crippen LogP contribution in [-0.2, 0) is 10.0 Å². The molecule has 1 unspecified atom stereocenters. The molecule has 0 bridgehead atoms. The van der Waals surface area contributed by atoms with E-state index >= 15 is 0 Å². The van der Waals surface area contributed by atoms with Gasteiger partial charge in [0.1, 0.15) is 4.21 Å². The number of rotatable bonds is 5. The molecular formula is C12H17BrClNO2S2. The predicted octanol–water partition coefficient (Wildman–Crippen LogP) is 3.99. The van der Waals surface area contributed by atoms with Crippen molar-refractivity contribution in [3.8, 4) is 0 Å². The van der Waals surface area contributed by atoms with Crippen molar-refractivity contribution < 1.29 is 8.42 Å². The van der Waals surface area contributed by atoms with Gasteiger partial charge in [-0.3, -0.25) is 0 Å². The molecule has 0 N–H and O–H groups in total. The predicted molar refractivity (Wildman–Crippen MR) is 83.6 cm³/mol. The van der Waals surface area contributed by atoms with Crippen LogP contribution in [0.5, 0.6) is 0 Å². The van der Waals surface area contributed by atoms with E-state index in [4.69, 9.17) is 11.6 Å². The second-order valence-electron chi connectivity index (χ2n) is 4.77. The van der Waals surface area contributed by atoms with Gasteiger partial charge in [-0.1, -0.05) is 0 Å². The molecule has 0 radical (unpaired) electrons. The standard InChI is InChI=1S/C12H17BrClNO2S2/c1-9-8-11(18-12(9)13)19(16,17)15-7-3-5-10(15)4-2-6-14/h8,10H,2-7H2,1H3. The lowest BCUT2D eigenvalue weighted by atomic mass is 10.1. The van der Waals surface area contributed by atoms with E-state index in [9.17, 15) is 8.42 Å². The Hall–Kier alpha value is 0.380. The van der Waals surface area contributed by atoms with Crippen LogP contribution in [0.4, 0.5) is 0 Å². The van der Waals surface area contributed by atoms with Gasteiger partial charge in [0.15, 0.2) is 0 Å². The van der Waals surface area contributed by atoms with Crippen LogP contribution in [-0.4, -0.2) is 31.2 Å². The Bertz CT molecular complexity index is 524. The second-order valence-corrected chi connectivity index (χ2v) is 9.63. The van der Waals surface area contributed by atoms with E-state index in [-0.39, 0.29) is 6.04 Å². The monoisotopic (exact) mass is 385 g/mol. The summed E-state index contributed by atoms with van der Waals surface area (Å²) in [6, 6.07) is 1.87. The van der Waals surface area contributed by atoms with E-state index in [1.807, 2.05) is 6.92 Å². The van der Waals surface area contributed by atoms with Crippen molar-refractivity contribution in [3.05, 3.63) is 15.4 Å². The van der Waals surface area contributed by atoms with E-state index in [1.165, 1.54) is 11.3 Å². The quantitative estimate of drug-likeness (QED) is 0.717. The minimum absolute atomic E-state index is 0.116. The van der Waals surface area contributed by atoms with Crippen LogP contribution in [0.15, 0.2) is 14.1 Å². The van der Waals surface area contributed by atoms with Crippen LogP contribution < -0.4 is 0 Å². The first kappa shape index (κ1) is 15.8. The molecule has 0 saturated carbocycles. The highest BCUT2D eigenvalue weighted by atomic mass is 79.9. The van der Waals surface area contributed by atoms with Gasteiger partial charge in [-0.15, -0.1) is 22.9 Å². The number of halogens is 2. The van der Waals surface area contributed by atoms with E-state index in [0.29, 0.717) is 16.6 Å². The molecule has 1 atom stereocenters. The van der Waals surface area contributed by atoms with Crippen molar-refractivity contribution >= 4 is 48.9 Å². The van der Waals surface area contributed by atoms with E-state index in [1.54, 1.807) is 10.4 Å². The number of hydrogen-bond donors (Lipinski definition) is 0. The summed E-state index contributed by atoms with van der Waals surface area (Å²) in [6.07, 6.45) is 3.61. The van der Waals surface area contributed by atoms with Crippen molar-refractivity contribution in [2.75, 3.05) is 12.4 Å². The molecule has 19 heavy (non-hydrogen) atoms. The van der Waals surface area contributed by atoms with Crippen molar-refractivity contribution in [2.45, 2.75) is 42.9 Å². The molecule has 108 valence electrons. The molecule has 2 rings (SSSR count). The molecule has 7 heteroatoms. The van der Waals surface area contributed by atoms with E-state index in [0.717, 1.165) is 35.0 Å². The van der Waals surface area contributed by atoms with Gasteiger partial charge in [-0.2, -0.15) is 4.31 Å². The number of hydrogen-bond acceptors (Lipinski definition) is 3. The van der Waals surface area contributed by atoms with Gasteiger partial charge >= 0.3 is 0 Å². The Kier molecular flexibility index (Phi) is 5.34. The summed E-state index contributed by atoms with van der Waals surface area (Å²) < 4.78 is 28.3. The number of aryl methyl sites for hydroxylation is 1. The maximum Gasteiger partial charge on any atom is 0.252 e. The van der Waals surface area contributed by atoms with Crippen LogP contribution in [0.25, 0.3) is 0 Å². The Morgan fingerprint density at radius 3 is 2.89 bits per heavy atom. The third-order valence-corrected chi connectivity index (χ3v) is 8.20. The average Bonchev–Trinajstić information content (AvgIpc) is 2.95. The summed E-state index contributed by atoms with van der Waals surface area (Å²) in [5, 5.41) is 0. The molecule has 1 fully saturated rings. The maximum atomic E-state index is 12.7. The van der Waals surface area contributed by atoms with E-state index in [2.05, 4.69) is 15.9 Å². The summed E-state index contributed by atoms with van der Waals surface area (Å²) in [7, 11) is -3.34. The van der Waals surface area contributed by atoms with Gasteiger partial charge in [-0.25, -0.2) is 8.42 Å². The Morgan fingerprint density at radius 2 is 2.32 bits per heavy atom. The van der Waals surface area contributed by atoms with Crippen LogP contribution >= 0.6 is 38.9 Å². The highest BCUT2D eigenvalue weighted by Gasteiger charge is 2.35. The minimum Gasteiger partial charge on any atom is -0.206 e. The lowest BCUT2D eigenvalue weighted by molar-refractivity contribution is 0.369. The first-order valence-electron chi connectivity index (χ1n) is 6.30. The molecule has 1 aliphatic heterocycles. The largest absolute Gasteiger partial charge is 0.252 e. The second kappa shape index (κ2) is 6.43. The lowest BCUT2D eigenvalue weighted by Crippen LogP contribution is -2.35. The summed E-state index contributed by atoms with van der Waals surface area (Å²) in [6.45, 7) is 2.54. The first-order chi connectivity index (χ1) is 8.96. The van der Waals surface area contributed by atoms with Crippen LogP contribution in [0, 0.1) is 6.92 Å². The minimum atomic E-state index is -3.34.